The van der Waals surface area contributed by atoms with E-state index in [0.717, 1.165) is 18.0 Å². The largest absolute Gasteiger partial charge is 0.504 e. The molecule has 0 fully saturated rings. The normalized spacial score (nSPS) is 10.1. The molecule has 1 amide bonds. The summed E-state index contributed by atoms with van der Waals surface area (Å²) in [5.74, 6) is 0.428. The number of methoxy groups -OCH3 is 1. The summed E-state index contributed by atoms with van der Waals surface area (Å²) < 4.78 is 10.5. The van der Waals surface area contributed by atoms with Crippen LogP contribution in [0.2, 0.25) is 0 Å². The van der Waals surface area contributed by atoms with Gasteiger partial charge in [-0.15, -0.1) is 0 Å². The van der Waals surface area contributed by atoms with Gasteiger partial charge in [-0.25, -0.2) is 4.98 Å². The topological polar surface area (TPSA) is 124 Å². The Morgan fingerprint density at radius 1 is 1.32 bits per heavy atom. The molecular weight excluding hydrogens is 330 g/mol. The van der Waals surface area contributed by atoms with E-state index in [0.29, 0.717) is 18.8 Å². The third kappa shape index (κ3) is 5.34. The van der Waals surface area contributed by atoms with Gasteiger partial charge in [-0.3, -0.25) is 14.9 Å². The Labute approximate surface area is 143 Å². The fourth-order valence-electron chi connectivity index (χ4n) is 1.93. The summed E-state index contributed by atoms with van der Waals surface area (Å²) in [6, 6.07) is 7.99. The molecule has 0 aliphatic heterocycles. The van der Waals surface area contributed by atoms with Gasteiger partial charge in [-0.05, 0) is 30.7 Å². The van der Waals surface area contributed by atoms with Crippen molar-refractivity contribution in [3.8, 4) is 17.2 Å². The lowest BCUT2D eigenvalue weighted by molar-refractivity contribution is -0.385. The molecule has 132 valence electrons. The molecule has 9 nitrogen and oxygen atoms in total. The number of benzene rings is 1. The van der Waals surface area contributed by atoms with E-state index in [1.807, 2.05) is 0 Å². The van der Waals surface area contributed by atoms with Gasteiger partial charge in [0.05, 0.1) is 24.7 Å². The summed E-state index contributed by atoms with van der Waals surface area (Å²) in [5.41, 5.74) is -0.358. The van der Waals surface area contributed by atoms with Crippen molar-refractivity contribution in [2.24, 2.45) is 0 Å². The van der Waals surface area contributed by atoms with Gasteiger partial charge < -0.3 is 19.9 Å². The van der Waals surface area contributed by atoms with Crippen LogP contribution in [0.1, 0.15) is 12.8 Å². The molecule has 9 heteroatoms. The van der Waals surface area contributed by atoms with Crippen LogP contribution in [0.4, 0.5) is 11.5 Å². The molecule has 0 bridgehead atoms. The highest BCUT2D eigenvalue weighted by molar-refractivity contribution is 5.91. The van der Waals surface area contributed by atoms with Crippen molar-refractivity contribution >= 4 is 17.4 Å². The van der Waals surface area contributed by atoms with E-state index < -0.39 is 10.7 Å². The van der Waals surface area contributed by atoms with Crippen LogP contribution in [0, 0.1) is 10.1 Å². The zero-order valence-corrected chi connectivity index (χ0v) is 13.5. The summed E-state index contributed by atoms with van der Waals surface area (Å²) in [5, 5.41) is 22.6. The van der Waals surface area contributed by atoms with Crippen LogP contribution in [0.25, 0.3) is 0 Å². The fourth-order valence-corrected chi connectivity index (χ4v) is 1.93. The van der Waals surface area contributed by atoms with E-state index >= 15 is 0 Å². The van der Waals surface area contributed by atoms with E-state index in [1.165, 1.54) is 0 Å². The van der Waals surface area contributed by atoms with Crippen molar-refractivity contribution in [1.82, 2.24) is 4.98 Å². The lowest BCUT2D eigenvalue weighted by Crippen LogP contribution is -2.14. The number of nitrogens with zero attached hydrogens (tertiary/aromatic N) is 2. The number of carbonyl (C=O) groups is 1. The van der Waals surface area contributed by atoms with Gasteiger partial charge in [-0.1, -0.05) is 0 Å². The van der Waals surface area contributed by atoms with E-state index in [9.17, 15) is 20.0 Å². The molecule has 2 aromatic rings. The fraction of sp³-hybridized carbons (Fsp3) is 0.250. The van der Waals surface area contributed by atoms with Crippen LogP contribution in [0.3, 0.4) is 0 Å². The molecule has 2 rings (SSSR count). The van der Waals surface area contributed by atoms with Gasteiger partial charge in [0.1, 0.15) is 17.7 Å². The van der Waals surface area contributed by atoms with Gasteiger partial charge in [0, 0.05) is 6.42 Å². The second-order valence-electron chi connectivity index (χ2n) is 4.99. The molecule has 0 unspecified atom stereocenters. The number of carbonyl (C=O) groups excluding carboxylic acids is 1. The van der Waals surface area contributed by atoms with Crippen molar-refractivity contribution in [2.45, 2.75) is 12.8 Å². The van der Waals surface area contributed by atoms with Crippen LogP contribution in [0.15, 0.2) is 36.5 Å². The first-order valence-electron chi connectivity index (χ1n) is 7.39. The van der Waals surface area contributed by atoms with Crippen molar-refractivity contribution in [1.29, 1.82) is 0 Å². The minimum atomic E-state index is -0.686. The number of nitro groups is 1. The van der Waals surface area contributed by atoms with Crippen molar-refractivity contribution < 1.29 is 24.3 Å². The maximum Gasteiger partial charge on any atom is 0.291 e. The van der Waals surface area contributed by atoms with Crippen LogP contribution < -0.4 is 14.8 Å². The average Bonchev–Trinajstić information content (AvgIpc) is 2.61. The lowest BCUT2D eigenvalue weighted by atomic mass is 10.3. The summed E-state index contributed by atoms with van der Waals surface area (Å²) >= 11 is 0. The maximum atomic E-state index is 11.8. The summed E-state index contributed by atoms with van der Waals surface area (Å²) in [4.78, 5) is 25.3. The van der Waals surface area contributed by atoms with E-state index in [2.05, 4.69) is 10.3 Å². The van der Waals surface area contributed by atoms with Crippen molar-refractivity contribution in [2.75, 3.05) is 19.0 Å². The molecule has 1 aromatic heterocycles. The Kier molecular flexibility index (Phi) is 6.10. The highest BCUT2D eigenvalue weighted by atomic mass is 16.6. The smallest absolute Gasteiger partial charge is 0.291 e. The number of ether oxygens (including phenoxy) is 2. The first-order chi connectivity index (χ1) is 12.0. The summed E-state index contributed by atoms with van der Waals surface area (Å²) in [7, 11) is 1.58. The SMILES string of the molecule is COc1ccc(OCCCC(=O)Nc2ncc([N+](=O)[O-])cc2O)cc1. The number of aromatic hydroxyl groups is 1. The number of amides is 1. The molecule has 0 aliphatic rings. The molecule has 1 heterocycles. The van der Waals surface area contributed by atoms with Crippen LogP contribution in [-0.2, 0) is 4.79 Å². The quantitative estimate of drug-likeness (QED) is 0.427. The summed E-state index contributed by atoms with van der Waals surface area (Å²) in [6.07, 6.45) is 1.56. The van der Waals surface area contributed by atoms with Gasteiger partial charge in [-0.2, -0.15) is 0 Å². The Hall–Kier alpha value is -3.36. The predicted molar refractivity (Wildman–Crippen MR) is 88.9 cm³/mol. The molecule has 0 aliphatic carbocycles. The molecular formula is C16H17N3O6. The number of hydrogen-bond acceptors (Lipinski definition) is 7. The minimum absolute atomic E-state index is 0.119. The van der Waals surface area contributed by atoms with Gasteiger partial charge in [0.2, 0.25) is 5.91 Å². The Bertz CT molecular complexity index is 748. The standard InChI is InChI=1S/C16H17N3O6/c1-24-12-4-6-13(7-5-12)25-8-2-3-15(21)18-16-14(20)9-11(10-17-16)19(22)23/h4-7,9-10,20H,2-3,8H2,1H3,(H,17,18,21). The molecule has 25 heavy (non-hydrogen) atoms. The average molecular weight is 347 g/mol. The molecule has 0 radical (unpaired) electrons. The number of nitrogens with one attached hydrogen (secondary N) is 1. The van der Waals surface area contributed by atoms with Crippen LogP contribution in [-0.4, -0.2) is 34.6 Å². The first-order valence-corrected chi connectivity index (χ1v) is 7.39. The van der Waals surface area contributed by atoms with Crippen LogP contribution >= 0.6 is 0 Å². The van der Waals surface area contributed by atoms with Gasteiger partial charge in [0.15, 0.2) is 11.6 Å². The Morgan fingerprint density at radius 2 is 2.00 bits per heavy atom. The monoisotopic (exact) mass is 347 g/mol. The highest BCUT2D eigenvalue weighted by Gasteiger charge is 2.13. The zero-order chi connectivity index (χ0) is 18.2. The Morgan fingerprint density at radius 3 is 2.60 bits per heavy atom. The van der Waals surface area contributed by atoms with Crippen LogP contribution in [0.5, 0.6) is 17.2 Å². The molecule has 0 saturated heterocycles. The Balaban J connectivity index is 1.76. The summed E-state index contributed by atoms with van der Waals surface area (Å²) in [6.45, 7) is 0.333. The van der Waals surface area contributed by atoms with Crippen molar-refractivity contribution in [3.63, 3.8) is 0 Å². The van der Waals surface area contributed by atoms with E-state index in [-0.39, 0.29) is 23.8 Å². The molecule has 2 N–H and O–H groups in total. The first kappa shape index (κ1) is 18.0. The number of anilines is 1. The maximum absolute atomic E-state index is 11.8. The van der Waals surface area contributed by atoms with Gasteiger partial charge >= 0.3 is 0 Å². The zero-order valence-electron chi connectivity index (χ0n) is 13.5. The highest BCUT2D eigenvalue weighted by Crippen LogP contribution is 2.25. The molecule has 1 aromatic carbocycles. The molecule has 0 saturated carbocycles. The second kappa shape index (κ2) is 8.48. The third-order valence-electron chi connectivity index (χ3n) is 3.20. The number of aromatic nitrogens is 1. The van der Waals surface area contributed by atoms with E-state index in [1.54, 1.807) is 31.4 Å². The predicted octanol–water partition coefficient (Wildman–Crippen LogP) is 2.50. The minimum Gasteiger partial charge on any atom is -0.504 e. The second-order valence-corrected chi connectivity index (χ2v) is 4.99. The van der Waals surface area contributed by atoms with Gasteiger partial charge in [0.25, 0.3) is 5.69 Å². The van der Waals surface area contributed by atoms with E-state index in [4.69, 9.17) is 9.47 Å². The third-order valence-corrected chi connectivity index (χ3v) is 3.20. The molecule has 0 atom stereocenters. The lowest BCUT2D eigenvalue weighted by Gasteiger charge is -2.08. The number of rotatable bonds is 8. The number of hydrogen-bond donors (Lipinski definition) is 2. The van der Waals surface area contributed by atoms with Crippen molar-refractivity contribution in [3.05, 3.63) is 46.6 Å². The number of pyridine rings is 1. The molecule has 0 spiro atoms.